The van der Waals surface area contributed by atoms with E-state index in [4.69, 9.17) is 18.0 Å². The van der Waals surface area contributed by atoms with Crippen molar-refractivity contribution >= 4 is 23.1 Å². The lowest BCUT2D eigenvalue weighted by atomic mass is 10.1. The van der Waals surface area contributed by atoms with Gasteiger partial charge in [-0.1, -0.05) is 26.1 Å². The van der Waals surface area contributed by atoms with Crippen LogP contribution in [0.4, 0.5) is 4.39 Å². The van der Waals surface area contributed by atoms with E-state index in [1.165, 1.54) is 6.07 Å². The Morgan fingerprint density at radius 2 is 2.15 bits per heavy atom. The molecule has 0 aliphatic carbocycles. The Morgan fingerprint density at radius 1 is 1.50 bits per heavy atom. The minimum atomic E-state index is -0.586. The highest BCUT2D eigenvalue weighted by molar-refractivity contribution is 7.80. The molecule has 0 aliphatic rings. The smallest absolute Gasteiger partial charge is 0.257 e. The second-order valence-electron chi connectivity index (χ2n) is 5.02. The van der Waals surface area contributed by atoms with Gasteiger partial charge in [0.2, 0.25) is 0 Å². The SMILES string of the molecule is CC(C)CN(CCC(N)=S)C(=O)c1ccc(F)cc1O. The van der Waals surface area contributed by atoms with Crippen molar-refractivity contribution in [3.05, 3.63) is 29.6 Å². The lowest BCUT2D eigenvalue weighted by Crippen LogP contribution is -2.36. The minimum Gasteiger partial charge on any atom is -0.507 e. The summed E-state index contributed by atoms with van der Waals surface area (Å²) in [6, 6.07) is 3.35. The van der Waals surface area contributed by atoms with Crippen molar-refractivity contribution in [2.45, 2.75) is 20.3 Å². The number of thiocarbonyl (C=S) groups is 1. The third-order valence-electron chi connectivity index (χ3n) is 2.69. The van der Waals surface area contributed by atoms with Gasteiger partial charge in [0, 0.05) is 25.6 Å². The van der Waals surface area contributed by atoms with Crippen LogP contribution in [-0.4, -0.2) is 34.0 Å². The van der Waals surface area contributed by atoms with Crippen LogP contribution >= 0.6 is 12.2 Å². The molecule has 1 amide bonds. The van der Waals surface area contributed by atoms with Gasteiger partial charge in [0.15, 0.2) is 0 Å². The van der Waals surface area contributed by atoms with Gasteiger partial charge in [-0.25, -0.2) is 4.39 Å². The molecule has 110 valence electrons. The van der Waals surface area contributed by atoms with E-state index in [0.29, 0.717) is 24.5 Å². The molecule has 0 saturated carbocycles. The van der Waals surface area contributed by atoms with E-state index in [1.54, 1.807) is 4.90 Å². The molecule has 0 bridgehead atoms. The van der Waals surface area contributed by atoms with Crippen molar-refractivity contribution < 1.29 is 14.3 Å². The number of carbonyl (C=O) groups is 1. The van der Waals surface area contributed by atoms with Gasteiger partial charge in [0.1, 0.15) is 11.6 Å². The first kappa shape index (κ1) is 16.4. The molecule has 0 radical (unpaired) electrons. The summed E-state index contributed by atoms with van der Waals surface area (Å²) in [7, 11) is 0. The van der Waals surface area contributed by atoms with E-state index in [-0.39, 0.29) is 23.1 Å². The van der Waals surface area contributed by atoms with Gasteiger partial charge in [-0.05, 0) is 18.1 Å². The average molecular weight is 298 g/mol. The first-order valence-electron chi connectivity index (χ1n) is 6.37. The lowest BCUT2D eigenvalue weighted by Gasteiger charge is -2.24. The molecule has 1 aromatic carbocycles. The zero-order valence-electron chi connectivity index (χ0n) is 11.6. The number of rotatable bonds is 6. The fourth-order valence-corrected chi connectivity index (χ4v) is 1.91. The maximum Gasteiger partial charge on any atom is 0.257 e. The topological polar surface area (TPSA) is 66.6 Å². The Morgan fingerprint density at radius 3 is 2.65 bits per heavy atom. The first-order chi connectivity index (χ1) is 9.31. The number of aromatic hydroxyl groups is 1. The van der Waals surface area contributed by atoms with E-state index in [1.807, 2.05) is 13.8 Å². The Bertz CT molecular complexity index is 506. The summed E-state index contributed by atoms with van der Waals surface area (Å²) >= 11 is 4.81. The number of phenols is 1. The normalized spacial score (nSPS) is 10.6. The van der Waals surface area contributed by atoms with Crippen molar-refractivity contribution in [3.63, 3.8) is 0 Å². The molecule has 0 spiro atoms. The predicted molar refractivity (Wildman–Crippen MR) is 80.2 cm³/mol. The molecular weight excluding hydrogens is 279 g/mol. The molecule has 20 heavy (non-hydrogen) atoms. The number of amides is 1. The molecule has 0 atom stereocenters. The van der Waals surface area contributed by atoms with Gasteiger partial charge in [-0.15, -0.1) is 0 Å². The van der Waals surface area contributed by atoms with E-state index in [9.17, 15) is 14.3 Å². The minimum absolute atomic E-state index is 0.0787. The summed E-state index contributed by atoms with van der Waals surface area (Å²) in [5, 5.41) is 9.68. The molecule has 0 aromatic heterocycles. The molecule has 3 N–H and O–H groups in total. The lowest BCUT2D eigenvalue weighted by molar-refractivity contribution is 0.0738. The van der Waals surface area contributed by atoms with Crippen LogP contribution in [0.25, 0.3) is 0 Å². The van der Waals surface area contributed by atoms with Crippen LogP contribution in [-0.2, 0) is 0 Å². The maximum atomic E-state index is 13.0. The molecule has 4 nitrogen and oxygen atoms in total. The third-order valence-corrected chi connectivity index (χ3v) is 2.90. The van der Waals surface area contributed by atoms with Crippen molar-refractivity contribution in [1.82, 2.24) is 4.90 Å². The molecule has 1 rings (SSSR count). The van der Waals surface area contributed by atoms with E-state index < -0.39 is 5.82 Å². The van der Waals surface area contributed by atoms with Gasteiger partial charge < -0.3 is 15.7 Å². The fourth-order valence-electron chi connectivity index (χ4n) is 1.82. The quantitative estimate of drug-likeness (QED) is 0.791. The summed E-state index contributed by atoms with van der Waals surface area (Å²) in [6.07, 6.45) is 0.412. The van der Waals surface area contributed by atoms with Crippen LogP contribution in [0, 0.1) is 11.7 Å². The Hall–Kier alpha value is -1.69. The molecular formula is C14H19FN2O2S. The van der Waals surface area contributed by atoms with Gasteiger partial charge in [-0.3, -0.25) is 4.79 Å². The third kappa shape index (κ3) is 4.77. The van der Waals surface area contributed by atoms with Crippen molar-refractivity contribution in [2.24, 2.45) is 11.7 Å². The average Bonchev–Trinajstić information content (AvgIpc) is 2.33. The summed E-state index contributed by atoms with van der Waals surface area (Å²) in [5.74, 6) is -1.04. The zero-order valence-corrected chi connectivity index (χ0v) is 12.4. The summed E-state index contributed by atoms with van der Waals surface area (Å²) in [5.41, 5.74) is 5.53. The van der Waals surface area contributed by atoms with Crippen LogP contribution in [0.15, 0.2) is 18.2 Å². The van der Waals surface area contributed by atoms with Gasteiger partial charge in [0.05, 0.1) is 10.6 Å². The van der Waals surface area contributed by atoms with Crippen LogP contribution in [0.1, 0.15) is 30.6 Å². The van der Waals surface area contributed by atoms with E-state index in [2.05, 4.69) is 0 Å². The number of carbonyl (C=O) groups excluding carboxylic acids is 1. The fraction of sp³-hybridized carbons (Fsp3) is 0.429. The van der Waals surface area contributed by atoms with Crippen LogP contribution in [0.3, 0.4) is 0 Å². The number of nitrogens with two attached hydrogens (primary N) is 1. The van der Waals surface area contributed by atoms with Crippen molar-refractivity contribution in [1.29, 1.82) is 0 Å². The zero-order chi connectivity index (χ0) is 15.3. The number of hydrogen-bond donors (Lipinski definition) is 2. The Kier molecular flexibility index (Phi) is 5.88. The largest absolute Gasteiger partial charge is 0.507 e. The van der Waals surface area contributed by atoms with E-state index in [0.717, 1.165) is 12.1 Å². The maximum absolute atomic E-state index is 13.0. The number of hydrogen-bond acceptors (Lipinski definition) is 3. The number of halogens is 1. The molecule has 0 heterocycles. The Labute approximate surface area is 123 Å². The summed E-state index contributed by atoms with van der Waals surface area (Å²) in [4.78, 5) is 14.3. The van der Waals surface area contributed by atoms with Crippen molar-refractivity contribution in [2.75, 3.05) is 13.1 Å². The number of nitrogens with zero attached hydrogens (tertiary/aromatic N) is 1. The highest BCUT2D eigenvalue weighted by atomic mass is 32.1. The van der Waals surface area contributed by atoms with Crippen LogP contribution in [0.5, 0.6) is 5.75 Å². The van der Waals surface area contributed by atoms with Crippen LogP contribution in [0.2, 0.25) is 0 Å². The summed E-state index contributed by atoms with van der Waals surface area (Å²) < 4.78 is 13.0. The molecule has 0 aliphatic heterocycles. The Balaban J connectivity index is 2.93. The highest BCUT2D eigenvalue weighted by Gasteiger charge is 2.20. The molecule has 0 fully saturated rings. The molecule has 0 saturated heterocycles. The highest BCUT2D eigenvalue weighted by Crippen LogP contribution is 2.20. The molecule has 1 aromatic rings. The first-order valence-corrected chi connectivity index (χ1v) is 6.78. The second-order valence-corrected chi connectivity index (χ2v) is 5.55. The molecule has 0 unspecified atom stereocenters. The van der Waals surface area contributed by atoms with Gasteiger partial charge >= 0.3 is 0 Å². The number of phenolic OH excluding ortho intramolecular Hbond substituents is 1. The second kappa shape index (κ2) is 7.19. The number of benzene rings is 1. The van der Waals surface area contributed by atoms with Gasteiger partial charge in [0.25, 0.3) is 5.91 Å². The summed E-state index contributed by atoms with van der Waals surface area (Å²) in [6.45, 7) is 4.85. The monoisotopic (exact) mass is 298 g/mol. The van der Waals surface area contributed by atoms with Gasteiger partial charge in [-0.2, -0.15) is 0 Å². The predicted octanol–water partition coefficient (Wildman–Crippen LogP) is 2.31. The molecule has 6 heteroatoms. The van der Waals surface area contributed by atoms with Crippen molar-refractivity contribution in [3.8, 4) is 5.75 Å². The van der Waals surface area contributed by atoms with Crippen LogP contribution < -0.4 is 5.73 Å². The standard InChI is InChI=1S/C14H19FN2O2S/c1-9(2)8-17(6-5-13(16)20)14(19)11-4-3-10(15)7-12(11)18/h3-4,7,9,18H,5-6,8H2,1-2H3,(H2,16,20). The van der Waals surface area contributed by atoms with E-state index >= 15 is 0 Å².